The van der Waals surface area contributed by atoms with Crippen molar-refractivity contribution in [1.82, 2.24) is 0 Å². The van der Waals surface area contributed by atoms with Crippen molar-refractivity contribution in [3.63, 3.8) is 0 Å². The minimum Gasteiger partial charge on any atom is -0.453 e. The third-order valence-electron chi connectivity index (χ3n) is 1.11. The van der Waals surface area contributed by atoms with E-state index in [1.54, 1.807) is 0 Å². The van der Waals surface area contributed by atoms with E-state index in [0.29, 0.717) is 0 Å². The maximum atomic E-state index is 10.4. The van der Waals surface area contributed by atoms with Crippen LogP contribution in [0.4, 0.5) is 4.79 Å². The first kappa shape index (κ1) is 5.95. The molecule has 0 bridgehead atoms. The predicted molar refractivity (Wildman–Crippen MR) is 33.0 cm³/mol. The molecule has 0 aliphatic carbocycles. The molecule has 1 atom stereocenters. The smallest absolute Gasteiger partial charge is 0.367 e. The highest BCUT2D eigenvalue weighted by molar-refractivity contribution is 8.13. The molecule has 46 valence electrons. The van der Waals surface area contributed by atoms with Crippen LogP contribution in [0.2, 0.25) is 0 Å². The number of ether oxygens (including phenoxy) is 1. The van der Waals surface area contributed by atoms with E-state index in [1.165, 1.54) is 11.8 Å². The van der Waals surface area contributed by atoms with Crippen molar-refractivity contribution < 1.29 is 9.53 Å². The van der Waals surface area contributed by atoms with E-state index >= 15 is 0 Å². The highest BCUT2D eigenvalue weighted by atomic mass is 32.2. The van der Waals surface area contributed by atoms with Crippen LogP contribution in [-0.2, 0) is 4.74 Å². The Hall–Kier alpha value is -0.180. The molecular weight excluding hydrogens is 124 g/mol. The normalized spacial score (nSPS) is 28.1. The monoisotopic (exact) mass is 132 g/mol. The van der Waals surface area contributed by atoms with Gasteiger partial charge in [0, 0.05) is 5.75 Å². The minimum atomic E-state index is -0.114. The zero-order chi connectivity index (χ0) is 5.98. The van der Waals surface area contributed by atoms with Gasteiger partial charge in [0.05, 0.1) is 0 Å². The molecule has 1 aliphatic rings. The fourth-order valence-electron chi connectivity index (χ4n) is 0.566. The number of hydrogen-bond donors (Lipinski definition) is 0. The lowest BCUT2D eigenvalue weighted by Crippen LogP contribution is -2.06. The van der Waals surface area contributed by atoms with Crippen molar-refractivity contribution in [3.8, 4) is 0 Å². The van der Waals surface area contributed by atoms with Gasteiger partial charge in [0.2, 0.25) is 0 Å². The van der Waals surface area contributed by atoms with Crippen LogP contribution < -0.4 is 0 Å². The number of carbonyl (C=O) groups excluding carboxylic acids is 1. The van der Waals surface area contributed by atoms with Crippen molar-refractivity contribution >= 4 is 17.1 Å². The summed E-state index contributed by atoms with van der Waals surface area (Å²) < 4.78 is 4.83. The second-order valence-corrected chi connectivity index (χ2v) is 2.66. The number of carbonyl (C=O) groups is 1. The molecule has 0 aromatic heterocycles. The van der Waals surface area contributed by atoms with Crippen LogP contribution in [0.5, 0.6) is 0 Å². The van der Waals surface area contributed by atoms with E-state index in [-0.39, 0.29) is 11.4 Å². The molecule has 1 heterocycles. The van der Waals surface area contributed by atoms with Gasteiger partial charge in [0.25, 0.3) is 0 Å². The molecule has 0 aromatic rings. The van der Waals surface area contributed by atoms with Crippen LogP contribution in [-0.4, -0.2) is 17.2 Å². The molecule has 3 heteroatoms. The Bertz CT molecular complexity index is 103. The lowest BCUT2D eigenvalue weighted by molar-refractivity contribution is 0.142. The van der Waals surface area contributed by atoms with Gasteiger partial charge in [-0.3, -0.25) is 0 Å². The van der Waals surface area contributed by atoms with E-state index in [2.05, 4.69) is 0 Å². The maximum Gasteiger partial charge on any atom is 0.367 e. The average Bonchev–Trinajstić information content (AvgIpc) is 2.14. The molecule has 0 N–H and O–H groups in total. The summed E-state index contributed by atoms with van der Waals surface area (Å²) in [5.41, 5.74) is 0. The third kappa shape index (κ3) is 1.15. The maximum absolute atomic E-state index is 10.4. The predicted octanol–water partition coefficient (Wildman–Crippen LogP) is 1.65. The number of thioether (sulfide) groups is 1. The number of rotatable bonds is 1. The molecule has 0 spiro atoms. The van der Waals surface area contributed by atoms with Crippen LogP contribution in [0.15, 0.2) is 0 Å². The highest BCUT2D eigenvalue weighted by Crippen LogP contribution is 2.20. The van der Waals surface area contributed by atoms with Crippen LogP contribution in [0, 0.1) is 0 Å². The summed E-state index contributed by atoms with van der Waals surface area (Å²) in [5.74, 6) is 0.843. The molecule has 0 amide bonds. The Morgan fingerprint density at radius 3 is 3.00 bits per heavy atom. The van der Waals surface area contributed by atoms with Gasteiger partial charge in [-0.1, -0.05) is 6.92 Å². The van der Waals surface area contributed by atoms with Gasteiger partial charge in [0.1, 0.15) is 6.10 Å². The average molecular weight is 132 g/mol. The summed E-state index contributed by atoms with van der Waals surface area (Å²) in [6.07, 6.45) is 1.13. The van der Waals surface area contributed by atoms with Crippen LogP contribution in [0.25, 0.3) is 0 Å². The fraction of sp³-hybridized carbons (Fsp3) is 0.800. The fourth-order valence-corrected chi connectivity index (χ4v) is 1.40. The van der Waals surface area contributed by atoms with Crippen LogP contribution >= 0.6 is 11.8 Å². The van der Waals surface area contributed by atoms with Crippen molar-refractivity contribution in [3.05, 3.63) is 0 Å². The lowest BCUT2D eigenvalue weighted by Gasteiger charge is -2.00. The van der Waals surface area contributed by atoms with Gasteiger partial charge in [-0.2, -0.15) is 0 Å². The Balaban J connectivity index is 2.32. The first-order valence-corrected chi connectivity index (χ1v) is 3.65. The first-order chi connectivity index (χ1) is 3.83. The van der Waals surface area contributed by atoms with Gasteiger partial charge < -0.3 is 4.74 Å². The van der Waals surface area contributed by atoms with Crippen LogP contribution in [0.3, 0.4) is 0 Å². The molecule has 1 fully saturated rings. The Morgan fingerprint density at radius 1 is 2.00 bits per heavy atom. The second kappa shape index (κ2) is 2.40. The summed E-state index contributed by atoms with van der Waals surface area (Å²) in [6, 6.07) is 0. The third-order valence-corrected chi connectivity index (χ3v) is 1.98. The summed E-state index contributed by atoms with van der Waals surface area (Å²) in [7, 11) is 0. The SMILES string of the molecule is CCC1CSC(=O)O1. The summed E-state index contributed by atoms with van der Waals surface area (Å²) in [6.45, 7) is 2.02. The number of cyclic esters (lactones) is 1. The van der Waals surface area contributed by atoms with E-state index in [0.717, 1.165) is 12.2 Å². The second-order valence-electron chi connectivity index (χ2n) is 1.71. The number of hydrogen-bond acceptors (Lipinski definition) is 3. The lowest BCUT2D eigenvalue weighted by atomic mass is 10.3. The molecule has 0 aromatic carbocycles. The zero-order valence-electron chi connectivity index (χ0n) is 4.72. The molecule has 0 saturated carbocycles. The first-order valence-electron chi connectivity index (χ1n) is 2.66. The molecule has 1 aliphatic heterocycles. The standard InChI is InChI=1S/C5H8O2S/c1-2-4-3-8-5(6)7-4/h4H,2-3H2,1H3. The Kier molecular flexibility index (Phi) is 1.78. The van der Waals surface area contributed by atoms with E-state index < -0.39 is 0 Å². The molecular formula is C5H8O2S. The summed E-state index contributed by atoms with van der Waals surface area (Å²) in [5, 5.41) is -0.114. The Morgan fingerprint density at radius 2 is 2.75 bits per heavy atom. The minimum absolute atomic E-state index is 0.114. The summed E-state index contributed by atoms with van der Waals surface area (Å²) >= 11 is 1.27. The molecule has 8 heavy (non-hydrogen) atoms. The highest BCUT2D eigenvalue weighted by Gasteiger charge is 2.21. The largest absolute Gasteiger partial charge is 0.453 e. The van der Waals surface area contributed by atoms with Gasteiger partial charge in [-0.05, 0) is 18.2 Å². The van der Waals surface area contributed by atoms with E-state index in [1.807, 2.05) is 6.92 Å². The van der Waals surface area contributed by atoms with E-state index in [9.17, 15) is 4.79 Å². The van der Waals surface area contributed by atoms with Crippen molar-refractivity contribution in [2.75, 3.05) is 5.75 Å². The van der Waals surface area contributed by atoms with Gasteiger partial charge in [0.15, 0.2) is 0 Å². The van der Waals surface area contributed by atoms with Crippen LogP contribution in [0.1, 0.15) is 13.3 Å². The van der Waals surface area contributed by atoms with Crippen molar-refractivity contribution in [1.29, 1.82) is 0 Å². The van der Waals surface area contributed by atoms with Crippen molar-refractivity contribution in [2.45, 2.75) is 19.4 Å². The molecule has 2 nitrogen and oxygen atoms in total. The molecule has 1 rings (SSSR count). The van der Waals surface area contributed by atoms with Gasteiger partial charge in [-0.15, -0.1) is 0 Å². The molecule has 0 radical (unpaired) electrons. The summed E-state index contributed by atoms with van der Waals surface area (Å²) in [4.78, 5) is 10.4. The van der Waals surface area contributed by atoms with Gasteiger partial charge in [-0.25, -0.2) is 4.79 Å². The molecule has 1 saturated heterocycles. The molecule has 1 unspecified atom stereocenters. The topological polar surface area (TPSA) is 26.3 Å². The Labute approximate surface area is 52.6 Å². The zero-order valence-corrected chi connectivity index (χ0v) is 5.53. The van der Waals surface area contributed by atoms with E-state index in [4.69, 9.17) is 4.74 Å². The quantitative estimate of drug-likeness (QED) is 0.507. The van der Waals surface area contributed by atoms with Gasteiger partial charge >= 0.3 is 5.30 Å². The van der Waals surface area contributed by atoms with Crippen molar-refractivity contribution in [2.24, 2.45) is 0 Å².